The fourth-order valence-corrected chi connectivity index (χ4v) is 5.28. The Labute approximate surface area is 185 Å². The molecule has 31 heavy (non-hydrogen) atoms. The van der Waals surface area contributed by atoms with Crippen LogP contribution < -0.4 is 20.8 Å². The van der Waals surface area contributed by atoms with Gasteiger partial charge < -0.3 is 10.5 Å². The Morgan fingerprint density at radius 1 is 1.23 bits per heavy atom. The van der Waals surface area contributed by atoms with E-state index in [0.29, 0.717) is 21.7 Å². The first-order chi connectivity index (χ1) is 14.7. The number of hydrogen-bond acceptors (Lipinski definition) is 9. The van der Waals surface area contributed by atoms with Crippen LogP contribution in [0.4, 0.5) is 10.8 Å². The average Bonchev–Trinajstić information content (AvgIpc) is 3.09. The van der Waals surface area contributed by atoms with Gasteiger partial charge in [0.1, 0.15) is 16.4 Å². The molecule has 3 N–H and O–H groups in total. The van der Waals surface area contributed by atoms with Gasteiger partial charge in [-0.3, -0.25) is 13.9 Å². The molecule has 0 spiro atoms. The van der Waals surface area contributed by atoms with Gasteiger partial charge in [0.25, 0.3) is 15.6 Å². The Morgan fingerprint density at radius 2 is 2.00 bits per heavy atom. The van der Waals surface area contributed by atoms with Crippen LogP contribution in [0.5, 0.6) is 5.88 Å². The maximum atomic E-state index is 12.8. The van der Waals surface area contributed by atoms with Crippen LogP contribution in [0.1, 0.15) is 4.88 Å². The number of pyridine rings is 2. The minimum absolute atomic E-state index is 0.0196. The van der Waals surface area contributed by atoms with Gasteiger partial charge in [-0.05, 0) is 25.1 Å². The third kappa shape index (κ3) is 3.92. The van der Waals surface area contributed by atoms with Crippen molar-refractivity contribution in [1.29, 1.82) is 0 Å². The monoisotopic (exact) mass is 478 g/mol. The molecule has 4 aromatic heterocycles. The van der Waals surface area contributed by atoms with Gasteiger partial charge in [-0.15, -0.1) is 11.3 Å². The molecule has 0 amide bonds. The first kappa shape index (κ1) is 21.0. The second-order valence-electron chi connectivity index (χ2n) is 6.36. The topological polar surface area (TPSA) is 142 Å². The van der Waals surface area contributed by atoms with Crippen molar-refractivity contribution in [2.24, 2.45) is 0 Å². The molecule has 0 aliphatic rings. The zero-order chi connectivity index (χ0) is 22.3. The normalized spacial score (nSPS) is 11.6. The van der Waals surface area contributed by atoms with Crippen molar-refractivity contribution in [2.75, 3.05) is 17.6 Å². The molecule has 0 aliphatic carbocycles. The number of halogens is 1. The molecule has 0 fully saturated rings. The van der Waals surface area contributed by atoms with E-state index >= 15 is 0 Å². The molecule has 0 atom stereocenters. The Kier molecular flexibility index (Phi) is 5.29. The molecule has 0 saturated heterocycles. The predicted molar refractivity (Wildman–Crippen MR) is 118 cm³/mol. The molecule has 160 valence electrons. The van der Waals surface area contributed by atoms with E-state index in [2.05, 4.69) is 19.7 Å². The molecule has 0 bridgehead atoms. The van der Waals surface area contributed by atoms with Crippen molar-refractivity contribution < 1.29 is 13.2 Å². The number of hydrogen-bond donors (Lipinski definition) is 2. The number of aryl methyl sites for hydroxylation is 1. The molecule has 0 aliphatic heterocycles. The molecule has 4 rings (SSSR count). The van der Waals surface area contributed by atoms with Gasteiger partial charge in [0.15, 0.2) is 10.2 Å². The Balaban J connectivity index is 1.80. The van der Waals surface area contributed by atoms with Crippen LogP contribution in [-0.4, -0.2) is 34.9 Å². The first-order valence-corrected chi connectivity index (χ1v) is 11.3. The largest absolute Gasteiger partial charge is 0.480 e. The first-order valence-electron chi connectivity index (χ1n) is 8.66. The number of fused-ring (bicyclic) bond motifs is 1. The average molecular weight is 479 g/mol. The number of anilines is 2. The number of nitrogens with one attached hydrogen (secondary N) is 1. The zero-order valence-corrected chi connectivity index (χ0v) is 18.5. The number of aromatic nitrogens is 4. The van der Waals surface area contributed by atoms with Crippen molar-refractivity contribution in [2.45, 2.75) is 11.9 Å². The summed E-state index contributed by atoms with van der Waals surface area (Å²) in [6, 6.07) is 4.91. The molecule has 4 heterocycles. The van der Waals surface area contributed by atoms with Gasteiger partial charge in [-0.2, -0.15) is 8.42 Å². The summed E-state index contributed by atoms with van der Waals surface area (Å²) in [5.41, 5.74) is 6.84. The fraction of sp³-hybridized carbons (Fsp3) is 0.111. The molecular formula is C18H15ClN6O4S2. The second-order valence-corrected chi connectivity index (χ2v) is 9.60. The Morgan fingerprint density at radius 3 is 2.68 bits per heavy atom. The lowest BCUT2D eigenvalue weighted by atomic mass is 10.1. The summed E-state index contributed by atoms with van der Waals surface area (Å²) in [7, 11) is -2.66. The van der Waals surface area contributed by atoms with E-state index in [9.17, 15) is 13.2 Å². The van der Waals surface area contributed by atoms with Crippen molar-refractivity contribution >= 4 is 49.4 Å². The van der Waals surface area contributed by atoms with E-state index in [1.807, 2.05) is 0 Å². The summed E-state index contributed by atoms with van der Waals surface area (Å²) < 4.78 is 34.6. The highest BCUT2D eigenvalue weighted by molar-refractivity contribution is 7.92. The second kappa shape index (κ2) is 7.80. The summed E-state index contributed by atoms with van der Waals surface area (Å²) in [5, 5.41) is -0.0418. The van der Waals surface area contributed by atoms with Crippen LogP contribution in [0.15, 0.2) is 46.6 Å². The predicted octanol–water partition coefficient (Wildman–Crippen LogP) is 2.57. The smallest absolute Gasteiger partial charge is 0.280 e. The van der Waals surface area contributed by atoms with E-state index in [1.165, 1.54) is 23.9 Å². The molecule has 0 unspecified atom stereocenters. The van der Waals surface area contributed by atoms with E-state index in [0.717, 1.165) is 11.3 Å². The molecule has 0 radical (unpaired) electrons. The molecule has 13 heteroatoms. The van der Waals surface area contributed by atoms with Crippen LogP contribution in [0, 0.1) is 6.92 Å². The SMILES string of the molecule is COc1ncc(-c2ccc3ncc(Cl)c(=O)n3c2)cc1NS(=O)(=O)c1nc(N)sc1C. The Bertz CT molecular complexity index is 1480. The Hall–Kier alpha value is -3.22. The lowest BCUT2D eigenvalue weighted by molar-refractivity contribution is 0.400. The van der Waals surface area contributed by atoms with Crippen molar-refractivity contribution in [3.8, 4) is 17.0 Å². The quantitative estimate of drug-likeness (QED) is 0.445. The number of ether oxygens (including phenoxy) is 1. The molecule has 10 nitrogen and oxygen atoms in total. The summed E-state index contributed by atoms with van der Waals surface area (Å²) in [6.45, 7) is 1.61. The van der Waals surface area contributed by atoms with Gasteiger partial charge in [0, 0.05) is 28.4 Å². The summed E-state index contributed by atoms with van der Waals surface area (Å²) >= 11 is 6.95. The summed E-state index contributed by atoms with van der Waals surface area (Å²) in [6.07, 6.45) is 4.32. The number of sulfonamides is 1. The van der Waals surface area contributed by atoms with E-state index in [4.69, 9.17) is 22.1 Å². The third-order valence-corrected chi connectivity index (χ3v) is 6.89. The minimum atomic E-state index is -4.04. The molecular weight excluding hydrogens is 464 g/mol. The lowest BCUT2D eigenvalue weighted by Crippen LogP contribution is -2.16. The maximum Gasteiger partial charge on any atom is 0.280 e. The highest BCUT2D eigenvalue weighted by Gasteiger charge is 2.24. The summed E-state index contributed by atoms with van der Waals surface area (Å²) in [4.78, 5) is 24.9. The van der Waals surface area contributed by atoms with E-state index in [1.54, 1.807) is 31.3 Å². The molecule has 0 saturated carbocycles. The van der Waals surface area contributed by atoms with Crippen molar-refractivity contribution in [3.63, 3.8) is 0 Å². The number of nitrogens with two attached hydrogens (primary N) is 1. The van der Waals surface area contributed by atoms with Crippen LogP contribution in [-0.2, 0) is 10.0 Å². The van der Waals surface area contributed by atoms with Crippen LogP contribution in [0.25, 0.3) is 16.8 Å². The summed E-state index contributed by atoms with van der Waals surface area (Å²) in [5.74, 6) is 0.0656. The highest BCUT2D eigenvalue weighted by Crippen LogP contribution is 2.31. The number of thiazole rings is 1. The van der Waals surface area contributed by atoms with E-state index in [-0.39, 0.29) is 26.7 Å². The van der Waals surface area contributed by atoms with Crippen LogP contribution in [0.3, 0.4) is 0 Å². The zero-order valence-electron chi connectivity index (χ0n) is 16.2. The number of rotatable bonds is 5. The fourth-order valence-electron chi connectivity index (χ4n) is 2.92. The number of methoxy groups -OCH3 is 1. The van der Waals surface area contributed by atoms with Gasteiger partial charge in [0.05, 0.1) is 13.3 Å². The van der Waals surface area contributed by atoms with Crippen LogP contribution >= 0.6 is 22.9 Å². The van der Waals surface area contributed by atoms with Crippen LogP contribution in [0.2, 0.25) is 5.02 Å². The number of nitrogens with zero attached hydrogens (tertiary/aromatic N) is 4. The maximum absolute atomic E-state index is 12.8. The van der Waals surface area contributed by atoms with E-state index < -0.39 is 15.6 Å². The number of nitrogen functional groups attached to an aromatic ring is 1. The third-order valence-electron chi connectivity index (χ3n) is 4.31. The lowest BCUT2D eigenvalue weighted by Gasteiger charge is -2.12. The van der Waals surface area contributed by atoms with Crippen molar-refractivity contribution in [3.05, 3.63) is 57.0 Å². The standard InChI is InChI=1S/C18H15ClN6O4S2/c1-9-16(23-18(20)30-9)31(27,28)24-13-5-11(6-22-15(13)29-2)10-3-4-14-21-7-12(19)17(26)25(14)8-10/h3-8,24H,1-2H3,(H2,20,23). The van der Waals surface area contributed by atoms with Gasteiger partial charge >= 0.3 is 0 Å². The van der Waals surface area contributed by atoms with Gasteiger partial charge in [-0.1, -0.05) is 11.6 Å². The highest BCUT2D eigenvalue weighted by atomic mass is 35.5. The molecule has 4 aromatic rings. The molecule has 0 aromatic carbocycles. The van der Waals surface area contributed by atoms with Gasteiger partial charge in [0.2, 0.25) is 5.88 Å². The minimum Gasteiger partial charge on any atom is -0.480 e. The van der Waals surface area contributed by atoms with Crippen molar-refractivity contribution in [1.82, 2.24) is 19.4 Å². The van der Waals surface area contributed by atoms with Gasteiger partial charge in [-0.25, -0.2) is 15.0 Å².